The van der Waals surface area contributed by atoms with Gasteiger partial charge in [-0.15, -0.1) is 0 Å². The highest BCUT2D eigenvalue weighted by atomic mass is 79.9. The van der Waals surface area contributed by atoms with Gasteiger partial charge in [0.15, 0.2) is 6.10 Å². The van der Waals surface area contributed by atoms with Gasteiger partial charge in [-0.2, -0.15) is 0 Å². The van der Waals surface area contributed by atoms with Crippen molar-refractivity contribution >= 4 is 39.3 Å². The average molecular weight is 466 g/mol. The van der Waals surface area contributed by atoms with Crippen molar-refractivity contribution in [3.8, 4) is 0 Å². The van der Waals surface area contributed by atoms with Crippen molar-refractivity contribution < 1.29 is 19.1 Å². The topological polar surface area (TPSA) is 72.5 Å². The summed E-state index contributed by atoms with van der Waals surface area (Å²) >= 11 is 3.33. The molecule has 0 aliphatic carbocycles. The molecule has 0 aliphatic rings. The lowest BCUT2D eigenvalue weighted by Crippen LogP contribution is -2.24. The molecule has 0 aliphatic heterocycles. The van der Waals surface area contributed by atoms with Crippen LogP contribution >= 0.6 is 15.9 Å². The van der Waals surface area contributed by atoms with Crippen molar-refractivity contribution in [1.82, 2.24) is 0 Å². The molecule has 0 radical (unpaired) electrons. The molecule has 152 valence electrons. The molecule has 5 nitrogen and oxygen atoms in total. The number of ether oxygens (including phenoxy) is 1. The molecule has 0 saturated heterocycles. The summed E-state index contributed by atoms with van der Waals surface area (Å²) in [6, 6.07) is 20.4. The number of hydrogen-bond donors (Lipinski definition) is 1. The number of aryl methyl sites for hydroxylation is 1. The first-order valence-corrected chi connectivity index (χ1v) is 10.1. The van der Waals surface area contributed by atoms with E-state index in [0.717, 1.165) is 10.0 Å². The van der Waals surface area contributed by atoms with E-state index in [0.29, 0.717) is 22.4 Å². The molecule has 3 rings (SSSR count). The van der Waals surface area contributed by atoms with Gasteiger partial charge >= 0.3 is 5.97 Å². The lowest BCUT2D eigenvalue weighted by atomic mass is 10.1. The van der Waals surface area contributed by atoms with Gasteiger partial charge in [0.1, 0.15) is 0 Å². The van der Waals surface area contributed by atoms with Crippen molar-refractivity contribution in [1.29, 1.82) is 0 Å². The maximum atomic E-state index is 12.4. The van der Waals surface area contributed by atoms with Crippen LogP contribution in [-0.4, -0.2) is 23.8 Å². The molecule has 0 aromatic heterocycles. The second-order valence-corrected chi connectivity index (χ2v) is 7.73. The van der Waals surface area contributed by atoms with Gasteiger partial charge in [-0.05, 0) is 62.4 Å². The Morgan fingerprint density at radius 1 is 0.800 bits per heavy atom. The Labute approximate surface area is 183 Å². The summed E-state index contributed by atoms with van der Waals surface area (Å²) in [5, 5.41) is 2.77. The van der Waals surface area contributed by atoms with Gasteiger partial charge in [-0.3, -0.25) is 9.59 Å². The van der Waals surface area contributed by atoms with Gasteiger partial charge in [-0.25, -0.2) is 4.79 Å². The Bertz CT molecular complexity index is 1060. The molecule has 1 amide bonds. The number of carbonyl (C=O) groups is 3. The van der Waals surface area contributed by atoms with Crippen LogP contribution < -0.4 is 5.32 Å². The van der Waals surface area contributed by atoms with E-state index in [1.54, 1.807) is 67.6 Å². The van der Waals surface area contributed by atoms with E-state index in [1.807, 2.05) is 19.1 Å². The summed E-state index contributed by atoms with van der Waals surface area (Å²) in [4.78, 5) is 37.1. The van der Waals surface area contributed by atoms with Crippen molar-refractivity contribution in [2.45, 2.75) is 20.0 Å². The van der Waals surface area contributed by atoms with E-state index in [-0.39, 0.29) is 11.7 Å². The number of amides is 1. The summed E-state index contributed by atoms with van der Waals surface area (Å²) in [5.74, 6) is -1.12. The molecule has 3 aromatic rings. The highest BCUT2D eigenvalue weighted by Gasteiger charge is 2.20. The smallest absolute Gasteiger partial charge is 0.338 e. The van der Waals surface area contributed by atoms with E-state index in [2.05, 4.69) is 21.2 Å². The van der Waals surface area contributed by atoms with E-state index in [4.69, 9.17) is 4.74 Å². The number of ketones is 1. The van der Waals surface area contributed by atoms with Crippen LogP contribution in [0.5, 0.6) is 0 Å². The first-order valence-electron chi connectivity index (χ1n) is 9.32. The van der Waals surface area contributed by atoms with Gasteiger partial charge in [0.25, 0.3) is 5.91 Å². The predicted molar refractivity (Wildman–Crippen MR) is 119 cm³/mol. The number of benzene rings is 3. The molecule has 0 fully saturated rings. The zero-order valence-corrected chi connectivity index (χ0v) is 18.1. The number of rotatable bonds is 6. The van der Waals surface area contributed by atoms with Crippen molar-refractivity contribution in [2.24, 2.45) is 0 Å². The molecule has 6 heteroatoms. The Morgan fingerprint density at radius 2 is 1.33 bits per heavy atom. The molecule has 0 bridgehead atoms. The van der Waals surface area contributed by atoms with E-state index in [1.165, 1.54) is 0 Å². The van der Waals surface area contributed by atoms with Gasteiger partial charge in [0.2, 0.25) is 5.78 Å². The van der Waals surface area contributed by atoms with Crippen molar-refractivity contribution in [2.75, 3.05) is 5.32 Å². The maximum Gasteiger partial charge on any atom is 0.338 e. The summed E-state index contributed by atoms with van der Waals surface area (Å²) in [6.07, 6.45) is -0.906. The highest BCUT2D eigenvalue weighted by molar-refractivity contribution is 9.10. The molecule has 0 unspecified atom stereocenters. The average Bonchev–Trinajstić information content (AvgIpc) is 2.74. The Balaban J connectivity index is 1.60. The molecule has 0 spiro atoms. The quantitative estimate of drug-likeness (QED) is 0.388. The van der Waals surface area contributed by atoms with Gasteiger partial charge < -0.3 is 10.1 Å². The fourth-order valence-electron chi connectivity index (χ4n) is 2.73. The largest absolute Gasteiger partial charge is 0.451 e. The third-order valence-electron chi connectivity index (χ3n) is 4.47. The van der Waals surface area contributed by atoms with Crippen LogP contribution in [0, 0.1) is 6.92 Å². The van der Waals surface area contributed by atoms with Crippen molar-refractivity contribution in [3.63, 3.8) is 0 Å². The molecular weight excluding hydrogens is 446 g/mol. The number of hydrogen-bond acceptors (Lipinski definition) is 4. The van der Waals surface area contributed by atoms with Gasteiger partial charge in [0.05, 0.1) is 5.56 Å². The highest BCUT2D eigenvalue weighted by Crippen LogP contribution is 2.16. The number of Topliss-reactive ketones (excluding diaryl/α,β-unsaturated/α-hetero) is 1. The molecule has 0 heterocycles. The van der Waals surface area contributed by atoms with Crippen LogP contribution in [0.25, 0.3) is 0 Å². The fraction of sp³-hybridized carbons (Fsp3) is 0.125. The molecule has 30 heavy (non-hydrogen) atoms. The molecule has 3 aromatic carbocycles. The second-order valence-electron chi connectivity index (χ2n) is 6.82. The van der Waals surface area contributed by atoms with Gasteiger partial charge in [-0.1, -0.05) is 45.8 Å². The first-order chi connectivity index (χ1) is 14.3. The van der Waals surface area contributed by atoms with Crippen LogP contribution in [0.3, 0.4) is 0 Å². The Morgan fingerprint density at radius 3 is 1.93 bits per heavy atom. The lowest BCUT2D eigenvalue weighted by Gasteiger charge is -2.13. The van der Waals surface area contributed by atoms with Gasteiger partial charge in [0, 0.05) is 21.3 Å². The minimum atomic E-state index is -0.906. The normalized spacial score (nSPS) is 11.4. The van der Waals surface area contributed by atoms with Crippen LogP contribution in [-0.2, 0) is 4.74 Å². The summed E-state index contributed by atoms with van der Waals surface area (Å²) in [6.45, 7) is 3.48. The number of nitrogens with one attached hydrogen (secondary N) is 1. The molecular formula is C24H20BrNO4. The number of halogens is 1. The summed E-state index contributed by atoms with van der Waals surface area (Å²) in [5.41, 5.74) is 2.89. The fourth-order valence-corrected chi connectivity index (χ4v) is 2.99. The SMILES string of the molecule is Cc1ccc(C(=O)[C@@H](C)OC(=O)c2ccc(NC(=O)c3ccc(Br)cc3)cc2)cc1. The zero-order chi connectivity index (χ0) is 21.7. The van der Waals surface area contributed by atoms with Crippen LogP contribution in [0.15, 0.2) is 77.3 Å². The number of carbonyl (C=O) groups excluding carboxylic acids is 3. The molecule has 1 N–H and O–H groups in total. The molecule has 1 atom stereocenters. The second kappa shape index (κ2) is 9.50. The standard InChI is InChI=1S/C24H20BrNO4/c1-15-3-5-17(6-4-15)22(27)16(2)30-24(29)19-9-13-21(14-10-19)26-23(28)18-7-11-20(25)12-8-18/h3-14,16H,1-2H3,(H,26,28)/t16-/m1/s1. The maximum absolute atomic E-state index is 12.4. The Hall–Kier alpha value is -3.25. The minimum Gasteiger partial charge on any atom is -0.451 e. The number of anilines is 1. The minimum absolute atomic E-state index is 0.254. The van der Waals surface area contributed by atoms with E-state index < -0.39 is 12.1 Å². The summed E-state index contributed by atoms with van der Waals surface area (Å²) in [7, 11) is 0. The zero-order valence-electron chi connectivity index (χ0n) is 16.5. The van der Waals surface area contributed by atoms with Crippen LogP contribution in [0.4, 0.5) is 5.69 Å². The summed E-state index contributed by atoms with van der Waals surface area (Å²) < 4.78 is 6.19. The first kappa shape index (κ1) is 21.5. The predicted octanol–water partition coefficient (Wildman–Crippen LogP) is 5.44. The number of esters is 1. The van der Waals surface area contributed by atoms with Crippen LogP contribution in [0.2, 0.25) is 0 Å². The van der Waals surface area contributed by atoms with E-state index in [9.17, 15) is 14.4 Å². The lowest BCUT2D eigenvalue weighted by molar-refractivity contribution is 0.0319. The third kappa shape index (κ3) is 5.42. The van der Waals surface area contributed by atoms with Crippen LogP contribution in [0.1, 0.15) is 43.6 Å². The van der Waals surface area contributed by atoms with Crippen molar-refractivity contribution in [3.05, 3.63) is 99.5 Å². The monoisotopic (exact) mass is 465 g/mol. The third-order valence-corrected chi connectivity index (χ3v) is 5.00. The molecule has 0 saturated carbocycles. The van der Waals surface area contributed by atoms with E-state index >= 15 is 0 Å². The Kier molecular flexibility index (Phi) is 6.79.